The Labute approximate surface area is 141 Å². The maximum Gasteiger partial charge on any atom is 0.246 e. The van der Waals surface area contributed by atoms with Crippen LogP contribution in [0.25, 0.3) is 6.08 Å². The van der Waals surface area contributed by atoms with E-state index in [1.165, 1.54) is 6.08 Å². The Balaban J connectivity index is 1.92. The Morgan fingerprint density at radius 2 is 2.26 bits per heavy atom. The summed E-state index contributed by atoms with van der Waals surface area (Å²) in [4.78, 5) is 27.1. The minimum atomic E-state index is -0.126. The summed E-state index contributed by atoms with van der Waals surface area (Å²) in [5.74, 6) is 0.701. The van der Waals surface area contributed by atoms with Crippen molar-refractivity contribution in [2.45, 2.75) is 12.8 Å². The molecule has 6 heteroatoms. The Morgan fingerprint density at radius 3 is 2.91 bits per heavy atom. The van der Waals surface area contributed by atoms with Crippen molar-refractivity contribution in [3.8, 4) is 5.75 Å². The largest absolute Gasteiger partial charge is 0.496 e. The van der Waals surface area contributed by atoms with Gasteiger partial charge in [0.1, 0.15) is 5.75 Å². The van der Waals surface area contributed by atoms with Crippen LogP contribution in [0.2, 0.25) is 5.02 Å². The second kappa shape index (κ2) is 8.02. The molecule has 2 amide bonds. The Morgan fingerprint density at radius 1 is 1.48 bits per heavy atom. The summed E-state index contributed by atoms with van der Waals surface area (Å²) in [7, 11) is 3.30. The molecule has 0 unspecified atom stereocenters. The monoisotopic (exact) mass is 336 g/mol. The van der Waals surface area contributed by atoms with Gasteiger partial charge in [0, 0.05) is 49.8 Å². The maximum absolute atomic E-state index is 12.1. The summed E-state index contributed by atoms with van der Waals surface area (Å²) >= 11 is 5.97. The van der Waals surface area contributed by atoms with Crippen molar-refractivity contribution in [3.05, 3.63) is 34.9 Å². The maximum atomic E-state index is 12.1. The molecule has 1 aliphatic heterocycles. The van der Waals surface area contributed by atoms with Crippen LogP contribution >= 0.6 is 11.6 Å². The summed E-state index contributed by atoms with van der Waals surface area (Å²) in [6, 6.07) is 5.24. The zero-order valence-electron chi connectivity index (χ0n) is 13.4. The van der Waals surface area contributed by atoms with E-state index in [0.717, 1.165) is 18.5 Å². The number of ether oxygens (including phenoxy) is 1. The number of hydrogen-bond acceptors (Lipinski definition) is 3. The Bertz CT molecular complexity index is 616. The normalized spacial score (nSPS) is 14.6. The highest BCUT2D eigenvalue weighted by Crippen LogP contribution is 2.23. The third-order valence-corrected chi connectivity index (χ3v) is 4.09. The number of amides is 2. The van der Waals surface area contributed by atoms with E-state index < -0.39 is 0 Å². The lowest BCUT2D eigenvalue weighted by Crippen LogP contribution is -2.36. The fourth-order valence-corrected chi connectivity index (χ4v) is 2.63. The zero-order chi connectivity index (χ0) is 16.8. The first-order valence-corrected chi connectivity index (χ1v) is 7.93. The Hall–Kier alpha value is -2.01. The molecule has 1 aliphatic rings. The number of rotatable bonds is 6. The first-order chi connectivity index (χ1) is 11.0. The Kier molecular flexibility index (Phi) is 6.04. The third kappa shape index (κ3) is 4.73. The van der Waals surface area contributed by atoms with Crippen LogP contribution in [0.1, 0.15) is 18.4 Å². The summed E-state index contributed by atoms with van der Waals surface area (Å²) in [5, 5.41) is 0.582. The first-order valence-electron chi connectivity index (χ1n) is 7.55. The van der Waals surface area contributed by atoms with Crippen LogP contribution in [0.4, 0.5) is 0 Å². The number of hydrogen-bond donors (Lipinski definition) is 0. The molecule has 0 aliphatic carbocycles. The topological polar surface area (TPSA) is 49.9 Å². The molecule has 0 N–H and O–H groups in total. The first kappa shape index (κ1) is 17.3. The molecule has 0 bridgehead atoms. The molecule has 0 aromatic heterocycles. The van der Waals surface area contributed by atoms with Crippen LogP contribution in [0.15, 0.2) is 24.3 Å². The number of methoxy groups -OCH3 is 1. The van der Waals surface area contributed by atoms with Gasteiger partial charge in [-0.2, -0.15) is 0 Å². The molecule has 0 saturated carbocycles. The van der Waals surface area contributed by atoms with Crippen LogP contribution in [0.3, 0.4) is 0 Å². The van der Waals surface area contributed by atoms with Crippen molar-refractivity contribution in [2.24, 2.45) is 0 Å². The number of carbonyl (C=O) groups excluding carboxylic acids is 2. The van der Waals surface area contributed by atoms with Gasteiger partial charge in [0.2, 0.25) is 11.8 Å². The van der Waals surface area contributed by atoms with Crippen molar-refractivity contribution in [1.29, 1.82) is 0 Å². The predicted molar refractivity (Wildman–Crippen MR) is 90.5 cm³/mol. The zero-order valence-corrected chi connectivity index (χ0v) is 14.2. The summed E-state index contributed by atoms with van der Waals surface area (Å²) in [5.41, 5.74) is 0.747. The van der Waals surface area contributed by atoms with E-state index in [1.54, 1.807) is 48.2 Å². The molecule has 0 spiro atoms. The molecular formula is C17H21ClN2O3. The van der Waals surface area contributed by atoms with Gasteiger partial charge in [0.05, 0.1) is 7.11 Å². The van der Waals surface area contributed by atoms with Gasteiger partial charge < -0.3 is 14.5 Å². The fourth-order valence-electron chi connectivity index (χ4n) is 2.45. The minimum absolute atomic E-state index is 0.126. The van der Waals surface area contributed by atoms with E-state index >= 15 is 0 Å². The van der Waals surface area contributed by atoms with Crippen LogP contribution < -0.4 is 4.74 Å². The quantitative estimate of drug-likeness (QED) is 0.750. The third-order valence-electron chi connectivity index (χ3n) is 3.85. The smallest absolute Gasteiger partial charge is 0.246 e. The van der Waals surface area contributed by atoms with Gasteiger partial charge in [0.25, 0.3) is 0 Å². The summed E-state index contributed by atoms with van der Waals surface area (Å²) < 4.78 is 5.24. The van der Waals surface area contributed by atoms with Crippen molar-refractivity contribution >= 4 is 29.5 Å². The highest BCUT2D eigenvalue weighted by molar-refractivity contribution is 6.30. The number of nitrogens with zero attached hydrogens (tertiary/aromatic N) is 2. The van der Waals surface area contributed by atoms with E-state index in [1.807, 2.05) is 0 Å². The van der Waals surface area contributed by atoms with Gasteiger partial charge in [-0.15, -0.1) is 0 Å². The minimum Gasteiger partial charge on any atom is -0.496 e. The number of likely N-dealkylation sites (N-methyl/N-ethyl adjacent to an activating group) is 1. The lowest BCUT2D eigenvalue weighted by Gasteiger charge is -2.20. The van der Waals surface area contributed by atoms with Crippen LogP contribution in [0.5, 0.6) is 5.75 Å². The molecule has 1 heterocycles. The van der Waals surface area contributed by atoms with Crippen molar-refractivity contribution in [3.63, 3.8) is 0 Å². The fraction of sp³-hybridized carbons (Fsp3) is 0.412. The van der Waals surface area contributed by atoms with Crippen molar-refractivity contribution in [2.75, 3.05) is 33.8 Å². The highest BCUT2D eigenvalue weighted by atomic mass is 35.5. The predicted octanol–water partition coefficient (Wildman–Crippen LogP) is 2.44. The molecule has 1 fully saturated rings. The molecule has 23 heavy (non-hydrogen) atoms. The molecule has 1 aromatic carbocycles. The van der Waals surface area contributed by atoms with Gasteiger partial charge >= 0.3 is 0 Å². The van der Waals surface area contributed by atoms with E-state index in [2.05, 4.69) is 0 Å². The second-order valence-corrected chi connectivity index (χ2v) is 5.90. The molecule has 1 saturated heterocycles. The number of halogens is 1. The highest BCUT2D eigenvalue weighted by Gasteiger charge is 2.20. The van der Waals surface area contributed by atoms with Gasteiger partial charge in [-0.1, -0.05) is 11.6 Å². The number of benzene rings is 1. The molecule has 1 aromatic rings. The molecule has 0 radical (unpaired) electrons. The molecular weight excluding hydrogens is 316 g/mol. The van der Waals surface area contributed by atoms with Gasteiger partial charge in [0.15, 0.2) is 0 Å². The van der Waals surface area contributed by atoms with E-state index in [9.17, 15) is 9.59 Å². The van der Waals surface area contributed by atoms with Crippen molar-refractivity contribution < 1.29 is 14.3 Å². The molecule has 5 nitrogen and oxygen atoms in total. The molecule has 124 valence electrons. The standard InChI is InChI=1S/C17H21ClN2O3/c1-19(10-11-20-9-3-4-17(20)22)16(21)8-5-13-12-14(18)6-7-15(13)23-2/h5-8,12H,3-4,9-11H2,1-2H3/b8-5+. The lowest BCUT2D eigenvalue weighted by molar-refractivity contribution is -0.130. The average molecular weight is 337 g/mol. The number of carbonyl (C=O) groups is 2. The number of likely N-dealkylation sites (tertiary alicyclic amines) is 1. The van der Waals surface area contributed by atoms with E-state index in [-0.39, 0.29) is 11.8 Å². The second-order valence-electron chi connectivity index (χ2n) is 5.46. The molecule has 0 atom stereocenters. The SMILES string of the molecule is COc1ccc(Cl)cc1/C=C/C(=O)N(C)CCN1CCCC1=O. The van der Waals surface area contributed by atoms with E-state index in [0.29, 0.717) is 30.3 Å². The van der Waals surface area contributed by atoms with Crippen LogP contribution in [0, 0.1) is 0 Å². The van der Waals surface area contributed by atoms with E-state index in [4.69, 9.17) is 16.3 Å². The van der Waals surface area contributed by atoms with Gasteiger partial charge in [-0.3, -0.25) is 9.59 Å². The lowest BCUT2D eigenvalue weighted by atomic mass is 10.2. The molecule has 2 rings (SSSR count). The summed E-state index contributed by atoms with van der Waals surface area (Å²) in [6.07, 6.45) is 4.70. The van der Waals surface area contributed by atoms with Crippen LogP contribution in [-0.4, -0.2) is 55.4 Å². The van der Waals surface area contributed by atoms with Crippen molar-refractivity contribution in [1.82, 2.24) is 9.80 Å². The van der Waals surface area contributed by atoms with Gasteiger partial charge in [-0.25, -0.2) is 0 Å². The average Bonchev–Trinajstić information content (AvgIpc) is 2.95. The van der Waals surface area contributed by atoms with Gasteiger partial charge in [-0.05, 0) is 30.7 Å². The van der Waals surface area contributed by atoms with Crippen LogP contribution in [-0.2, 0) is 9.59 Å². The summed E-state index contributed by atoms with van der Waals surface area (Å²) in [6.45, 7) is 1.88.